The van der Waals surface area contributed by atoms with Crippen LogP contribution < -0.4 is 5.73 Å². The van der Waals surface area contributed by atoms with E-state index in [-0.39, 0.29) is 35.8 Å². The van der Waals surface area contributed by atoms with Gasteiger partial charge in [0.1, 0.15) is 11.3 Å². The summed E-state index contributed by atoms with van der Waals surface area (Å²) in [7, 11) is 1.85. The Kier molecular flexibility index (Phi) is 6.37. The lowest BCUT2D eigenvalue weighted by atomic mass is 9.80. The number of halogens is 1. The van der Waals surface area contributed by atoms with E-state index in [1.54, 1.807) is 4.90 Å². The average Bonchev–Trinajstić information content (AvgIpc) is 3.00. The third-order valence-electron chi connectivity index (χ3n) is 5.58. The normalized spacial score (nSPS) is 21.2. The van der Waals surface area contributed by atoms with Crippen LogP contribution in [0, 0.1) is 5.41 Å². The van der Waals surface area contributed by atoms with Crippen LogP contribution in [0.5, 0.6) is 0 Å². The molecule has 26 heavy (non-hydrogen) atoms. The molecule has 0 spiro atoms. The van der Waals surface area contributed by atoms with Crippen molar-refractivity contribution in [1.82, 2.24) is 9.80 Å². The Morgan fingerprint density at radius 1 is 1.42 bits per heavy atom. The number of rotatable bonds is 4. The van der Waals surface area contributed by atoms with Gasteiger partial charge >= 0.3 is 0 Å². The van der Waals surface area contributed by atoms with Crippen molar-refractivity contribution in [3.63, 3.8) is 0 Å². The van der Waals surface area contributed by atoms with Crippen LogP contribution in [0.2, 0.25) is 0 Å². The molecule has 5 nitrogen and oxygen atoms in total. The number of amides is 1. The van der Waals surface area contributed by atoms with Crippen molar-refractivity contribution in [2.24, 2.45) is 11.1 Å². The molecule has 0 saturated carbocycles. The molecular formula is C20H30ClN3O2. The van der Waals surface area contributed by atoms with E-state index >= 15 is 0 Å². The van der Waals surface area contributed by atoms with Crippen LogP contribution in [0.1, 0.15) is 39.0 Å². The number of nitrogens with two attached hydrogens (primary N) is 1. The molecule has 2 aromatic rings. The van der Waals surface area contributed by atoms with Crippen LogP contribution in [-0.2, 0) is 4.79 Å². The first kappa shape index (κ1) is 20.7. The number of carbonyl (C=O) groups is 1. The summed E-state index contributed by atoms with van der Waals surface area (Å²) in [6, 6.07) is 10.0. The third kappa shape index (κ3) is 4.22. The van der Waals surface area contributed by atoms with Crippen molar-refractivity contribution >= 4 is 29.3 Å². The maximum Gasteiger partial charge on any atom is 0.237 e. The monoisotopic (exact) mass is 379 g/mol. The van der Waals surface area contributed by atoms with Crippen LogP contribution in [-0.4, -0.2) is 48.4 Å². The van der Waals surface area contributed by atoms with Gasteiger partial charge in [-0.25, -0.2) is 0 Å². The van der Waals surface area contributed by atoms with E-state index in [2.05, 4.69) is 18.7 Å². The number of hydrogen-bond acceptors (Lipinski definition) is 4. The van der Waals surface area contributed by atoms with Crippen LogP contribution in [0.25, 0.3) is 11.0 Å². The van der Waals surface area contributed by atoms with Crippen molar-refractivity contribution in [2.75, 3.05) is 26.7 Å². The maximum atomic E-state index is 12.7. The van der Waals surface area contributed by atoms with Gasteiger partial charge in [-0.1, -0.05) is 32.0 Å². The summed E-state index contributed by atoms with van der Waals surface area (Å²) >= 11 is 0. The summed E-state index contributed by atoms with van der Waals surface area (Å²) in [6.07, 6.45) is 0.934. The highest BCUT2D eigenvalue weighted by Crippen LogP contribution is 2.29. The van der Waals surface area contributed by atoms with Crippen LogP contribution in [0.15, 0.2) is 34.7 Å². The molecule has 2 atom stereocenters. The fraction of sp³-hybridized carbons (Fsp3) is 0.550. The Hall–Kier alpha value is -1.56. The van der Waals surface area contributed by atoms with Gasteiger partial charge < -0.3 is 15.1 Å². The van der Waals surface area contributed by atoms with Gasteiger partial charge in [-0.2, -0.15) is 0 Å². The number of hydrogen-bond donors (Lipinski definition) is 1. The van der Waals surface area contributed by atoms with Crippen molar-refractivity contribution < 1.29 is 9.21 Å². The van der Waals surface area contributed by atoms with Gasteiger partial charge in [-0.15, -0.1) is 12.4 Å². The number of piperidine rings is 1. The number of furan rings is 1. The van der Waals surface area contributed by atoms with Gasteiger partial charge in [0.2, 0.25) is 5.91 Å². The SMILES string of the molecule is CC(c1cc2ccccc2o1)N(C)C(=O)CN1CCC(N)C(C)(C)C1.Cl. The summed E-state index contributed by atoms with van der Waals surface area (Å²) in [4.78, 5) is 16.7. The Bertz CT molecular complexity index is 725. The second kappa shape index (κ2) is 7.99. The smallest absolute Gasteiger partial charge is 0.237 e. The summed E-state index contributed by atoms with van der Waals surface area (Å²) in [5.74, 6) is 0.928. The average molecular weight is 380 g/mol. The number of likely N-dealkylation sites (tertiary alicyclic amines) is 1. The van der Waals surface area contributed by atoms with Crippen LogP contribution in [0.4, 0.5) is 0 Å². The first-order valence-electron chi connectivity index (χ1n) is 9.00. The van der Waals surface area contributed by atoms with E-state index in [0.717, 1.165) is 36.2 Å². The molecule has 0 radical (unpaired) electrons. The van der Waals surface area contributed by atoms with Gasteiger partial charge in [0, 0.05) is 31.6 Å². The molecule has 2 heterocycles. The van der Waals surface area contributed by atoms with Crippen LogP contribution >= 0.6 is 12.4 Å². The Morgan fingerprint density at radius 2 is 2.12 bits per heavy atom. The van der Waals surface area contributed by atoms with E-state index in [1.807, 2.05) is 44.3 Å². The van der Waals surface area contributed by atoms with E-state index in [1.165, 1.54) is 0 Å². The molecule has 1 aromatic heterocycles. The summed E-state index contributed by atoms with van der Waals surface area (Å²) in [5.41, 5.74) is 7.09. The minimum absolute atomic E-state index is 0. The molecule has 6 heteroatoms. The first-order valence-corrected chi connectivity index (χ1v) is 9.00. The number of likely N-dealkylation sites (N-methyl/N-ethyl adjacent to an activating group) is 1. The highest BCUT2D eigenvalue weighted by atomic mass is 35.5. The topological polar surface area (TPSA) is 62.7 Å². The number of carbonyl (C=O) groups excluding carboxylic acids is 1. The van der Waals surface area contributed by atoms with Crippen molar-refractivity contribution in [2.45, 2.75) is 39.3 Å². The lowest BCUT2D eigenvalue weighted by molar-refractivity contribution is -0.134. The zero-order valence-corrected chi connectivity index (χ0v) is 16.9. The molecule has 1 fully saturated rings. The zero-order chi connectivity index (χ0) is 18.2. The van der Waals surface area contributed by atoms with E-state index in [4.69, 9.17) is 10.2 Å². The first-order chi connectivity index (χ1) is 11.8. The van der Waals surface area contributed by atoms with E-state index in [0.29, 0.717) is 6.54 Å². The van der Waals surface area contributed by atoms with Gasteiger partial charge in [0.05, 0.1) is 12.6 Å². The molecule has 1 aliphatic rings. The molecule has 0 bridgehead atoms. The fourth-order valence-corrected chi connectivity index (χ4v) is 3.54. The molecule has 1 saturated heterocycles. The number of nitrogens with zero attached hydrogens (tertiary/aromatic N) is 2. The predicted molar refractivity (Wildman–Crippen MR) is 107 cm³/mol. The Labute approximate surface area is 161 Å². The molecule has 2 N–H and O–H groups in total. The quantitative estimate of drug-likeness (QED) is 0.883. The molecular weight excluding hydrogens is 350 g/mol. The Balaban J connectivity index is 0.00000243. The van der Waals surface area contributed by atoms with E-state index < -0.39 is 0 Å². The minimum atomic E-state index is -0.0973. The molecule has 1 amide bonds. The fourth-order valence-electron chi connectivity index (χ4n) is 3.54. The number of fused-ring (bicyclic) bond motifs is 1. The highest BCUT2D eigenvalue weighted by Gasteiger charge is 2.34. The van der Waals surface area contributed by atoms with Crippen molar-refractivity contribution in [1.29, 1.82) is 0 Å². The van der Waals surface area contributed by atoms with Gasteiger partial charge in [-0.05, 0) is 30.9 Å². The molecule has 144 valence electrons. The molecule has 2 unspecified atom stereocenters. The number of para-hydroxylation sites is 1. The standard InChI is InChI=1S/C20H29N3O2.ClH/c1-14(17-11-15-7-5-6-8-16(15)25-17)22(4)19(24)12-23-10-9-18(21)20(2,3)13-23;/h5-8,11,14,18H,9-10,12-13,21H2,1-4H3;1H. The maximum absolute atomic E-state index is 12.7. The lowest BCUT2D eigenvalue weighted by Gasteiger charge is -2.42. The zero-order valence-electron chi connectivity index (χ0n) is 16.1. The van der Waals surface area contributed by atoms with Crippen molar-refractivity contribution in [3.05, 3.63) is 36.1 Å². The predicted octanol–water partition coefficient (Wildman–Crippen LogP) is 3.43. The van der Waals surface area contributed by atoms with Crippen molar-refractivity contribution in [3.8, 4) is 0 Å². The summed E-state index contributed by atoms with van der Waals surface area (Å²) in [5, 5.41) is 1.07. The van der Waals surface area contributed by atoms with E-state index in [9.17, 15) is 4.79 Å². The summed E-state index contributed by atoms with van der Waals surface area (Å²) < 4.78 is 5.91. The number of benzene rings is 1. The molecule has 3 rings (SSSR count). The van der Waals surface area contributed by atoms with Gasteiger partial charge in [-0.3, -0.25) is 9.69 Å². The largest absolute Gasteiger partial charge is 0.459 e. The van der Waals surface area contributed by atoms with Gasteiger partial charge in [0.25, 0.3) is 0 Å². The van der Waals surface area contributed by atoms with Gasteiger partial charge in [0.15, 0.2) is 0 Å². The molecule has 1 aromatic carbocycles. The van der Waals surface area contributed by atoms with Crippen LogP contribution in [0.3, 0.4) is 0 Å². The minimum Gasteiger partial charge on any atom is -0.459 e. The Morgan fingerprint density at radius 3 is 2.77 bits per heavy atom. The lowest BCUT2D eigenvalue weighted by Crippen LogP contribution is -2.54. The third-order valence-corrected chi connectivity index (χ3v) is 5.58. The molecule has 1 aliphatic heterocycles. The summed E-state index contributed by atoms with van der Waals surface area (Å²) in [6.45, 7) is 8.52. The second-order valence-corrected chi connectivity index (χ2v) is 7.96. The molecule has 0 aliphatic carbocycles. The highest BCUT2D eigenvalue weighted by molar-refractivity contribution is 5.85. The second-order valence-electron chi connectivity index (χ2n) is 7.96.